The Morgan fingerprint density at radius 1 is 1.24 bits per heavy atom. The quantitative estimate of drug-likeness (QED) is 0.770. The maximum atomic E-state index is 12.0. The molecule has 0 radical (unpaired) electrons. The summed E-state index contributed by atoms with van der Waals surface area (Å²) < 4.78 is 0. The number of rotatable bonds is 2. The molecule has 3 heteroatoms. The van der Waals surface area contributed by atoms with Crippen molar-refractivity contribution in [2.75, 3.05) is 0 Å². The molecule has 0 aliphatic heterocycles. The number of carbonyl (C=O) groups is 1. The number of aliphatic hydroxyl groups excluding tert-OH is 1. The molecule has 1 saturated carbocycles. The van der Waals surface area contributed by atoms with E-state index in [1.807, 2.05) is 12.2 Å². The van der Waals surface area contributed by atoms with Crippen LogP contribution in [-0.4, -0.2) is 23.2 Å². The van der Waals surface area contributed by atoms with Crippen LogP contribution in [0.15, 0.2) is 23.3 Å². The van der Waals surface area contributed by atoms with Crippen LogP contribution in [0.5, 0.6) is 0 Å². The number of nitrogens with one attached hydrogen (secondary N) is 1. The van der Waals surface area contributed by atoms with Crippen LogP contribution in [0, 0.1) is 0 Å². The Morgan fingerprint density at radius 2 is 1.94 bits per heavy atom. The van der Waals surface area contributed by atoms with Gasteiger partial charge in [0.2, 0.25) is 5.91 Å². The van der Waals surface area contributed by atoms with Gasteiger partial charge in [-0.05, 0) is 45.4 Å². The second-order valence-electron chi connectivity index (χ2n) is 5.18. The molecule has 0 spiro atoms. The third-order valence-electron chi connectivity index (χ3n) is 3.68. The summed E-state index contributed by atoms with van der Waals surface area (Å²) in [5, 5.41) is 12.5. The van der Waals surface area contributed by atoms with E-state index in [4.69, 9.17) is 0 Å². The minimum absolute atomic E-state index is 0.0788. The number of amides is 1. The van der Waals surface area contributed by atoms with Gasteiger partial charge in [-0.25, -0.2) is 0 Å². The predicted octanol–water partition coefficient (Wildman–Crippen LogP) is 2.07. The Balaban J connectivity index is 1.85. The van der Waals surface area contributed by atoms with Gasteiger partial charge in [0.15, 0.2) is 0 Å². The number of aliphatic hydroxyl groups is 1. The van der Waals surface area contributed by atoms with Crippen LogP contribution in [-0.2, 0) is 4.79 Å². The molecule has 3 nitrogen and oxygen atoms in total. The largest absolute Gasteiger partial charge is 0.393 e. The average Bonchev–Trinajstić information content (AvgIpc) is 2.33. The van der Waals surface area contributed by atoms with Crippen molar-refractivity contribution in [3.63, 3.8) is 0 Å². The Bertz CT molecular complexity index is 349. The molecule has 0 aromatic carbocycles. The number of hydrogen-bond donors (Lipinski definition) is 2. The fourth-order valence-corrected chi connectivity index (χ4v) is 2.43. The van der Waals surface area contributed by atoms with Crippen LogP contribution in [0.25, 0.3) is 0 Å². The standard InChI is InChI=1S/C14H21NO2/c1-10-2-4-11(5-3-10)14(17)15-12-6-8-13(16)9-7-12/h2,4,12-13,16H,3,5-9H2,1H3,(H,15,17)/t12-,13+. The molecule has 0 aromatic heterocycles. The Morgan fingerprint density at radius 3 is 2.53 bits per heavy atom. The van der Waals surface area contributed by atoms with Crippen LogP contribution < -0.4 is 5.32 Å². The van der Waals surface area contributed by atoms with Gasteiger partial charge in [0.05, 0.1) is 6.10 Å². The topological polar surface area (TPSA) is 49.3 Å². The first kappa shape index (κ1) is 12.4. The summed E-state index contributed by atoms with van der Waals surface area (Å²) in [5.74, 6) is 0.0788. The van der Waals surface area contributed by atoms with E-state index in [1.54, 1.807) is 0 Å². The van der Waals surface area contributed by atoms with Crippen LogP contribution in [0.1, 0.15) is 45.4 Å². The molecule has 2 rings (SSSR count). The Labute approximate surface area is 103 Å². The molecule has 0 aromatic rings. The van der Waals surface area contributed by atoms with Gasteiger partial charge in [0, 0.05) is 11.6 Å². The van der Waals surface area contributed by atoms with Gasteiger partial charge < -0.3 is 10.4 Å². The first-order chi connectivity index (χ1) is 8.15. The molecule has 94 valence electrons. The van der Waals surface area contributed by atoms with Crippen molar-refractivity contribution in [1.29, 1.82) is 0 Å². The van der Waals surface area contributed by atoms with E-state index in [1.165, 1.54) is 5.57 Å². The molecular weight excluding hydrogens is 214 g/mol. The van der Waals surface area contributed by atoms with E-state index in [0.29, 0.717) is 0 Å². The molecule has 0 saturated heterocycles. The predicted molar refractivity (Wildman–Crippen MR) is 67.5 cm³/mol. The van der Waals surface area contributed by atoms with E-state index in [2.05, 4.69) is 12.2 Å². The number of allylic oxidation sites excluding steroid dienone is 3. The molecule has 0 unspecified atom stereocenters. The van der Waals surface area contributed by atoms with Crippen molar-refractivity contribution in [2.24, 2.45) is 0 Å². The van der Waals surface area contributed by atoms with Gasteiger partial charge in [-0.3, -0.25) is 4.79 Å². The maximum absolute atomic E-state index is 12.0. The lowest BCUT2D eigenvalue weighted by atomic mass is 9.92. The zero-order valence-electron chi connectivity index (χ0n) is 10.4. The molecule has 2 aliphatic carbocycles. The van der Waals surface area contributed by atoms with Crippen LogP contribution in [0.2, 0.25) is 0 Å². The summed E-state index contributed by atoms with van der Waals surface area (Å²) in [5.41, 5.74) is 2.23. The van der Waals surface area contributed by atoms with E-state index in [0.717, 1.165) is 44.1 Å². The molecule has 2 N–H and O–H groups in total. The summed E-state index contributed by atoms with van der Waals surface area (Å²) >= 11 is 0. The highest BCUT2D eigenvalue weighted by Gasteiger charge is 2.22. The summed E-state index contributed by atoms with van der Waals surface area (Å²) in [6.45, 7) is 2.09. The van der Waals surface area contributed by atoms with Crippen LogP contribution in [0.4, 0.5) is 0 Å². The lowest BCUT2D eigenvalue weighted by molar-refractivity contribution is -0.118. The molecule has 17 heavy (non-hydrogen) atoms. The summed E-state index contributed by atoms with van der Waals surface area (Å²) in [6.07, 6.45) is 9.06. The number of carbonyl (C=O) groups excluding carboxylic acids is 1. The minimum atomic E-state index is -0.164. The van der Waals surface area contributed by atoms with Crippen LogP contribution in [0.3, 0.4) is 0 Å². The van der Waals surface area contributed by atoms with E-state index in [9.17, 15) is 9.90 Å². The maximum Gasteiger partial charge on any atom is 0.247 e. The molecule has 1 amide bonds. The van der Waals surface area contributed by atoms with Gasteiger partial charge in [0.25, 0.3) is 0 Å². The molecular formula is C14H21NO2. The zero-order valence-corrected chi connectivity index (χ0v) is 10.4. The second-order valence-corrected chi connectivity index (χ2v) is 5.18. The SMILES string of the molecule is CC1=CC=C(C(=O)N[C@H]2CC[C@@H](O)CC2)CC1. The third-order valence-corrected chi connectivity index (χ3v) is 3.68. The molecule has 0 heterocycles. The van der Waals surface area contributed by atoms with E-state index >= 15 is 0 Å². The Hall–Kier alpha value is -1.09. The molecule has 2 aliphatic rings. The van der Waals surface area contributed by atoms with Gasteiger partial charge >= 0.3 is 0 Å². The van der Waals surface area contributed by atoms with Crippen molar-refractivity contribution in [2.45, 2.75) is 57.6 Å². The molecule has 1 fully saturated rings. The first-order valence-electron chi connectivity index (χ1n) is 6.50. The van der Waals surface area contributed by atoms with Crippen molar-refractivity contribution in [3.8, 4) is 0 Å². The first-order valence-corrected chi connectivity index (χ1v) is 6.50. The fraction of sp³-hybridized carbons (Fsp3) is 0.643. The van der Waals surface area contributed by atoms with Crippen LogP contribution >= 0.6 is 0 Å². The smallest absolute Gasteiger partial charge is 0.247 e. The monoisotopic (exact) mass is 235 g/mol. The third kappa shape index (κ3) is 3.43. The lowest BCUT2D eigenvalue weighted by Crippen LogP contribution is -2.39. The summed E-state index contributed by atoms with van der Waals surface area (Å²) in [4.78, 5) is 12.0. The minimum Gasteiger partial charge on any atom is -0.393 e. The van der Waals surface area contributed by atoms with E-state index in [-0.39, 0.29) is 18.1 Å². The summed E-state index contributed by atoms with van der Waals surface area (Å²) in [6, 6.07) is 0.249. The zero-order chi connectivity index (χ0) is 12.3. The lowest BCUT2D eigenvalue weighted by Gasteiger charge is -2.26. The highest BCUT2D eigenvalue weighted by atomic mass is 16.3. The highest BCUT2D eigenvalue weighted by Crippen LogP contribution is 2.21. The van der Waals surface area contributed by atoms with Gasteiger partial charge in [-0.2, -0.15) is 0 Å². The molecule has 0 bridgehead atoms. The Kier molecular flexibility index (Phi) is 4.00. The second kappa shape index (κ2) is 5.50. The number of hydrogen-bond acceptors (Lipinski definition) is 2. The normalized spacial score (nSPS) is 29.3. The average molecular weight is 235 g/mol. The van der Waals surface area contributed by atoms with E-state index < -0.39 is 0 Å². The van der Waals surface area contributed by atoms with Crippen molar-refractivity contribution >= 4 is 5.91 Å². The van der Waals surface area contributed by atoms with Gasteiger partial charge in [0.1, 0.15) is 0 Å². The van der Waals surface area contributed by atoms with Crippen molar-refractivity contribution in [3.05, 3.63) is 23.3 Å². The fourth-order valence-electron chi connectivity index (χ4n) is 2.43. The molecule has 0 atom stereocenters. The summed E-state index contributed by atoms with van der Waals surface area (Å²) in [7, 11) is 0. The highest BCUT2D eigenvalue weighted by molar-refractivity contribution is 5.94. The van der Waals surface area contributed by atoms with Gasteiger partial charge in [-0.1, -0.05) is 17.7 Å². The van der Waals surface area contributed by atoms with Gasteiger partial charge in [-0.15, -0.1) is 0 Å². The van der Waals surface area contributed by atoms with Crippen molar-refractivity contribution < 1.29 is 9.90 Å². The van der Waals surface area contributed by atoms with Crippen molar-refractivity contribution in [1.82, 2.24) is 5.32 Å².